The van der Waals surface area contributed by atoms with Gasteiger partial charge >= 0.3 is 12.4 Å². The van der Waals surface area contributed by atoms with Crippen LogP contribution < -0.4 is 9.80 Å². The highest BCUT2D eigenvalue weighted by Crippen LogP contribution is 2.42. The highest BCUT2D eigenvalue weighted by molar-refractivity contribution is 6.33. The Morgan fingerprint density at radius 3 is 2.07 bits per heavy atom. The van der Waals surface area contributed by atoms with E-state index in [4.69, 9.17) is 11.6 Å². The van der Waals surface area contributed by atoms with Gasteiger partial charge in [0.15, 0.2) is 0 Å². The summed E-state index contributed by atoms with van der Waals surface area (Å²) in [6, 6.07) is 9.76. The topological polar surface area (TPSA) is 56.8 Å². The summed E-state index contributed by atoms with van der Waals surface area (Å²) in [7, 11) is 1.39. The monoisotopic (exact) mass is 654 g/mol. The molecule has 0 aliphatic carbocycles. The van der Waals surface area contributed by atoms with Crippen LogP contribution in [-0.2, 0) is 27.4 Å². The van der Waals surface area contributed by atoms with Gasteiger partial charge in [0.25, 0.3) is 0 Å². The summed E-state index contributed by atoms with van der Waals surface area (Å²) < 4.78 is 81.7. The predicted molar refractivity (Wildman–Crippen MR) is 161 cm³/mol. The average Bonchev–Trinajstić information content (AvgIpc) is 3.45. The van der Waals surface area contributed by atoms with Crippen LogP contribution in [0.3, 0.4) is 0 Å². The fraction of sp³-hybridized carbons (Fsp3) is 0.406. The van der Waals surface area contributed by atoms with Crippen LogP contribution in [0.4, 0.5) is 37.8 Å². The SMILES string of the molecule is CCN(C(C)=O)C1CCN(c2cc(-c3ccccc3Cl)c(N(C)C(=O)C(C)(C)c3cc(C(F)(F)F)cc(C(F)(F)F)c3)cn2)C1. The van der Waals surface area contributed by atoms with E-state index in [2.05, 4.69) is 4.98 Å². The van der Waals surface area contributed by atoms with Crippen LogP contribution in [0.25, 0.3) is 11.1 Å². The molecular weight excluding hydrogens is 622 g/mol. The number of benzene rings is 2. The Bertz CT molecular complexity index is 1560. The first-order valence-corrected chi connectivity index (χ1v) is 14.6. The second kappa shape index (κ2) is 12.5. The van der Waals surface area contributed by atoms with E-state index >= 15 is 0 Å². The standard InChI is InChI=1S/C32H33ClF6N4O2/c1-6-43(19(2)44)23-11-12-42(18-23)28-16-25(24-9-7-8-10-26(24)33)27(17-40-28)41(5)29(45)30(3,4)20-13-21(31(34,35)36)15-22(14-20)32(37,38)39/h7-10,13-17,23H,6,11-12,18H2,1-5H3. The van der Waals surface area contributed by atoms with Crippen LogP contribution in [0.2, 0.25) is 5.02 Å². The number of halogens is 7. The van der Waals surface area contributed by atoms with Crippen LogP contribution in [0.15, 0.2) is 54.7 Å². The van der Waals surface area contributed by atoms with Gasteiger partial charge in [-0.2, -0.15) is 26.3 Å². The van der Waals surface area contributed by atoms with Crippen LogP contribution in [0.5, 0.6) is 0 Å². The highest BCUT2D eigenvalue weighted by Gasteiger charge is 2.41. The molecule has 45 heavy (non-hydrogen) atoms. The van der Waals surface area contributed by atoms with Crippen molar-refractivity contribution in [2.45, 2.75) is 57.9 Å². The molecule has 0 saturated carbocycles. The first-order chi connectivity index (χ1) is 20.9. The number of nitrogens with zero attached hydrogens (tertiary/aromatic N) is 4. The lowest BCUT2D eigenvalue weighted by Crippen LogP contribution is -2.42. The first-order valence-electron chi connectivity index (χ1n) is 14.2. The maximum absolute atomic E-state index is 14.0. The smallest absolute Gasteiger partial charge is 0.354 e. The largest absolute Gasteiger partial charge is 0.416 e. The Hall–Kier alpha value is -3.80. The molecule has 1 fully saturated rings. The minimum atomic E-state index is -5.06. The van der Waals surface area contributed by atoms with Crippen molar-refractivity contribution in [1.29, 1.82) is 0 Å². The van der Waals surface area contributed by atoms with Gasteiger partial charge in [-0.3, -0.25) is 9.59 Å². The lowest BCUT2D eigenvalue weighted by Gasteiger charge is -2.32. The zero-order valence-corrected chi connectivity index (χ0v) is 26.1. The second-order valence-corrected chi connectivity index (χ2v) is 11.9. The number of amides is 2. The molecule has 242 valence electrons. The second-order valence-electron chi connectivity index (χ2n) is 11.5. The quantitative estimate of drug-likeness (QED) is 0.244. The molecule has 2 aromatic carbocycles. The number of carbonyl (C=O) groups excluding carboxylic acids is 2. The van der Waals surface area contributed by atoms with Crippen molar-refractivity contribution in [3.05, 3.63) is 76.4 Å². The number of carbonyl (C=O) groups is 2. The fourth-order valence-electron chi connectivity index (χ4n) is 5.68. The summed E-state index contributed by atoms with van der Waals surface area (Å²) >= 11 is 6.56. The Morgan fingerprint density at radius 2 is 1.53 bits per heavy atom. The van der Waals surface area contributed by atoms with E-state index in [1.54, 1.807) is 35.2 Å². The van der Waals surface area contributed by atoms with Gasteiger partial charge in [0.1, 0.15) is 5.82 Å². The van der Waals surface area contributed by atoms with E-state index in [9.17, 15) is 35.9 Å². The van der Waals surface area contributed by atoms with Gasteiger partial charge in [-0.15, -0.1) is 0 Å². The van der Waals surface area contributed by atoms with Crippen molar-refractivity contribution < 1.29 is 35.9 Å². The zero-order valence-electron chi connectivity index (χ0n) is 25.4. The number of hydrogen-bond acceptors (Lipinski definition) is 4. The summed E-state index contributed by atoms with van der Waals surface area (Å²) in [6.07, 6.45) is -7.97. The summed E-state index contributed by atoms with van der Waals surface area (Å²) in [5.41, 5.74) is -3.99. The molecule has 1 atom stereocenters. The molecule has 0 radical (unpaired) electrons. The lowest BCUT2D eigenvalue weighted by atomic mass is 9.81. The van der Waals surface area contributed by atoms with E-state index in [0.29, 0.717) is 53.7 Å². The Morgan fingerprint density at radius 1 is 0.956 bits per heavy atom. The minimum Gasteiger partial charge on any atom is -0.354 e. The molecule has 1 aromatic heterocycles. The average molecular weight is 655 g/mol. The normalized spacial score (nSPS) is 15.7. The van der Waals surface area contributed by atoms with E-state index in [-0.39, 0.29) is 23.7 Å². The fourth-order valence-corrected chi connectivity index (χ4v) is 5.92. The molecule has 1 unspecified atom stereocenters. The lowest BCUT2D eigenvalue weighted by molar-refractivity contribution is -0.143. The van der Waals surface area contributed by atoms with Crippen LogP contribution in [0, 0.1) is 0 Å². The van der Waals surface area contributed by atoms with Gasteiger partial charge < -0.3 is 14.7 Å². The molecule has 4 rings (SSSR count). The van der Waals surface area contributed by atoms with Crippen molar-refractivity contribution in [2.75, 3.05) is 36.5 Å². The maximum atomic E-state index is 14.0. The first kappa shape index (κ1) is 34.1. The van der Waals surface area contributed by atoms with E-state index < -0.39 is 40.4 Å². The molecule has 1 aliphatic heterocycles. The number of anilines is 2. The van der Waals surface area contributed by atoms with Crippen molar-refractivity contribution >= 4 is 34.9 Å². The molecular formula is C32H33ClF6N4O2. The van der Waals surface area contributed by atoms with Crippen molar-refractivity contribution in [3.8, 4) is 11.1 Å². The molecule has 3 aromatic rings. The van der Waals surface area contributed by atoms with Crippen molar-refractivity contribution in [1.82, 2.24) is 9.88 Å². The Kier molecular flexibility index (Phi) is 9.49. The molecule has 2 heterocycles. The molecule has 0 spiro atoms. The van der Waals surface area contributed by atoms with Gasteiger partial charge in [-0.05, 0) is 63.1 Å². The van der Waals surface area contributed by atoms with Crippen LogP contribution in [-0.4, -0.2) is 54.4 Å². The minimum absolute atomic E-state index is 0.0168. The van der Waals surface area contributed by atoms with Crippen molar-refractivity contribution in [2.24, 2.45) is 0 Å². The Balaban J connectivity index is 1.77. The van der Waals surface area contributed by atoms with Crippen LogP contribution in [0.1, 0.15) is 50.8 Å². The molecule has 6 nitrogen and oxygen atoms in total. The number of hydrogen-bond donors (Lipinski definition) is 0. The van der Waals surface area contributed by atoms with Crippen LogP contribution >= 0.6 is 11.6 Å². The third kappa shape index (κ3) is 7.05. The molecule has 2 amide bonds. The summed E-state index contributed by atoms with van der Waals surface area (Å²) in [4.78, 5) is 35.6. The summed E-state index contributed by atoms with van der Waals surface area (Å²) in [6.45, 7) is 7.68. The molecule has 1 saturated heterocycles. The van der Waals surface area contributed by atoms with Gasteiger partial charge in [-0.25, -0.2) is 4.98 Å². The maximum Gasteiger partial charge on any atom is 0.416 e. The van der Waals surface area contributed by atoms with Gasteiger partial charge in [0, 0.05) is 49.8 Å². The van der Waals surface area contributed by atoms with Gasteiger partial charge in [0.05, 0.1) is 34.5 Å². The Labute approximate surface area is 262 Å². The molecule has 1 aliphatic rings. The predicted octanol–water partition coefficient (Wildman–Crippen LogP) is 7.83. The molecule has 0 N–H and O–H groups in total. The highest BCUT2D eigenvalue weighted by atomic mass is 35.5. The van der Waals surface area contributed by atoms with E-state index in [1.807, 2.05) is 11.8 Å². The van der Waals surface area contributed by atoms with E-state index in [1.165, 1.54) is 38.9 Å². The third-order valence-electron chi connectivity index (χ3n) is 8.22. The van der Waals surface area contributed by atoms with Gasteiger partial charge in [0.2, 0.25) is 11.8 Å². The van der Waals surface area contributed by atoms with Gasteiger partial charge in [-0.1, -0.05) is 29.8 Å². The number of pyridine rings is 1. The zero-order chi connectivity index (χ0) is 33.5. The van der Waals surface area contributed by atoms with Crippen molar-refractivity contribution in [3.63, 3.8) is 0 Å². The number of rotatable bonds is 7. The summed E-state index contributed by atoms with van der Waals surface area (Å²) in [5.74, 6) is -0.238. The van der Waals surface area contributed by atoms with E-state index in [0.717, 1.165) is 6.42 Å². The molecule has 0 bridgehead atoms. The third-order valence-corrected chi connectivity index (χ3v) is 8.55. The number of likely N-dealkylation sites (N-methyl/N-ethyl adjacent to an activating group) is 2. The molecule has 13 heteroatoms. The number of aromatic nitrogens is 1. The number of alkyl halides is 6. The summed E-state index contributed by atoms with van der Waals surface area (Å²) in [5, 5.41) is 0.358.